The van der Waals surface area contributed by atoms with E-state index in [1.54, 1.807) is 11.8 Å². The highest BCUT2D eigenvalue weighted by Crippen LogP contribution is 2.34. The summed E-state index contributed by atoms with van der Waals surface area (Å²) in [6.45, 7) is 9.11. The van der Waals surface area contributed by atoms with Crippen molar-refractivity contribution in [2.75, 3.05) is 19.7 Å². The van der Waals surface area contributed by atoms with Gasteiger partial charge in [0.2, 0.25) is 0 Å². The number of esters is 1. The van der Waals surface area contributed by atoms with Gasteiger partial charge in [-0.2, -0.15) is 0 Å². The normalized spacial score (nSPS) is 29.2. The highest BCUT2D eigenvalue weighted by molar-refractivity contribution is 5.82. The molecule has 2 rings (SSSR count). The van der Waals surface area contributed by atoms with E-state index in [0.717, 1.165) is 6.54 Å². The van der Waals surface area contributed by atoms with Crippen molar-refractivity contribution in [3.05, 3.63) is 0 Å². The molecule has 20 heavy (non-hydrogen) atoms. The summed E-state index contributed by atoms with van der Waals surface area (Å²) in [7, 11) is 0. The van der Waals surface area contributed by atoms with Gasteiger partial charge in [0.15, 0.2) is 0 Å². The first-order valence-corrected chi connectivity index (χ1v) is 7.22. The number of ether oxygens (including phenoxy) is 2. The van der Waals surface area contributed by atoms with E-state index in [0.29, 0.717) is 25.5 Å². The fourth-order valence-electron chi connectivity index (χ4n) is 2.94. The van der Waals surface area contributed by atoms with Crippen molar-refractivity contribution in [3.63, 3.8) is 0 Å². The van der Waals surface area contributed by atoms with Gasteiger partial charge in [0.25, 0.3) is 0 Å². The van der Waals surface area contributed by atoms with Crippen LogP contribution in [-0.4, -0.2) is 54.3 Å². The predicted molar refractivity (Wildman–Crippen MR) is 73.3 cm³/mol. The average molecular weight is 284 g/mol. The summed E-state index contributed by atoms with van der Waals surface area (Å²) in [5.41, 5.74) is -0.569. The zero-order valence-corrected chi connectivity index (χ0v) is 12.6. The Morgan fingerprint density at radius 1 is 1.30 bits per heavy atom. The number of carbonyl (C=O) groups is 2. The largest absolute Gasteiger partial charge is 0.464 e. The van der Waals surface area contributed by atoms with Gasteiger partial charge in [0.1, 0.15) is 11.6 Å². The van der Waals surface area contributed by atoms with Crippen molar-refractivity contribution in [2.45, 2.75) is 51.8 Å². The van der Waals surface area contributed by atoms with Gasteiger partial charge in [-0.25, -0.2) is 9.59 Å². The molecule has 2 saturated heterocycles. The second kappa shape index (κ2) is 5.60. The number of nitrogens with zero attached hydrogens (tertiary/aromatic N) is 1. The molecule has 2 fully saturated rings. The molecular formula is C14H24N2O4. The molecule has 2 aliphatic heterocycles. The molecule has 0 bridgehead atoms. The number of hydrogen-bond acceptors (Lipinski definition) is 5. The number of likely N-dealkylation sites (tertiary alicyclic amines) is 1. The Balaban J connectivity index is 2.15. The van der Waals surface area contributed by atoms with Gasteiger partial charge in [-0.15, -0.1) is 0 Å². The predicted octanol–water partition coefficient (Wildman–Crippen LogP) is 1.15. The van der Waals surface area contributed by atoms with Crippen LogP contribution in [0.3, 0.4) is 0 Å². The molecule has 0 aromatic rings. The van der Waals surface area contributed by atoms with Crippen LogP contribution in [0.15, 0.2) is 0 Å². The maximum absolute atomic E-state index is 12.4. The molecule has 3 atom stereocenters. The molecule has 114 valence electrons. The standard InChI is InChI=1S/C14H24N2O4/c1-5-19-12(17)10-6-9-7-15-8-11(9)16(10)13(18)20-14(2,3)4/h9-11,15H,5-8H2,1-4H3/t9-,10+,11+/m0/s1. The van der Waals surface area contributed by atoms with Crippen LogP contribution in [-0.2, 0) is 14.3 Å². The van der Waals surface area contributed by atoms with Crippen molar-refractivity contribution in [1.29, 1.82) is 0 Å². The fourth-order valence-corrected chi connectivity index (χ4v) is 2.94. The van der Waals surface area contributed by atoms with Crippen molar-refractivity contribution in [1.82, 2.24) is 10.2 Å². The zero-order valence-electron chi connectivity index (χ0n) is 12.6. The summed E-state index contributed by atoms with van der Waals surface area (Å²) in [6, 6.07) is -0.485. The number of amides is 1. The lowest BCUT2D eigenvalue weighted by Crippen LogP contribution is -2.49. The Morgan fingerprint density at radius 3 is 2.60 bits per heavy atom. The first-order valence-electron chi connectivity index (χ1n) is 7.22. The first kappa shape index (κ1) is 15.1. The molecular weight excluding hydrogens is 260 g/mol. The molecule has 2 aliphatic rings. The minimum absolute atomic E-state index is 0.0271. The third-order valence-corrected chi connectivity index (χ3v) is 3.69. The van der Waals surface area contributed by atoms with E-state index in [9.17, 15) is 9.59 Å². The van der Waals surface area contributed by atoms with Crippen LogP contribution in [0.25, 0.3) is 0 Å². The Kier molecular flexibility index (Phi) is 4.22. The molecule has 1 amide bonds. The molecule has 6 heteroatoms. The van der Waals surface area contributed by atoms with Crippen molar-refractivity contribution >= 4 is 12.1 Å². The van der Waals surface area contributed by atoms with E-state index in [-0.39, 0.29) is 12.0 Å². The van der Waals surface area contributed by atoms with Crippen LogP contribution < -0.4 is 5.32 Å². The van der Waals surface area contributed by atoms with Gasteiger partial charge in [-0.3, -0.25) is 4.90 Å². The molecule has 1 N–H and O–H groups in total. The Labute approximate surface area is 119 Å². The summed E-state index contributed by atoms with van der Waals surface area (Å²) in [6.07, 6.45) is 0.224. The van der Waals surface area contributed by atoms with E-state index in [1.807, 2.05) is 20.8 Å². The summed E-state index contributed by atoms with van der Waals surface area (Å²) < 4.78 is 10.5. The molecule has 0 aromatic carbocycles. The molecule has 0 aromatic heterocycles. The van der Waals surface area contributed by atoms with E-state index in [1.165, 1.54) is 0 Å². The lowest BCUT2D eigenvalue weighted by molar-refractivity contribution is -0.148. The topological polar surface area (TPSA) is 67.9 Å². The van der Waals surface area contributed by atoms with Gasteiger partial charge in [-0.1, -0.05) is 0 Å². The van der Waals surface area contributed by atoms with E-state index in [2.05, 4.69) is 5.32 Å². The lowest BCUT2D eigenvalue weighted by atomic mass is 10.0. The number of rotatable bonds is 2. The fraction of sp³-hybridized carbons (Fsp3) is 0.857. The van der Waals surface area contributed by atoms with Gasteiger partial charge in [0, 0.05) is 13.1 Å². The van der Waals surface area contributed by atoms with Gasteiger partial charge in [0.05, 0.1) is 12.6 Å². The van der Waals surface area contributed by atoms with Crippen molar-refractivity contribution in [3.8, 4) is 0 Å². The Morgan fingerprint density at radius 2 is 2.00 bits per heavy atom. The molecule has 0 aliphatic carbocycles. The highest BCUT2D eigenvalue weighted by atomic mass is 16.6. The maximum atomic E-state index is 12.4. The molecule has 0 saturated carbocycles. The molecule has 2 heterocycles. The molecule has 0 radical (unpaired) electrons. The second-order valence-electron chi connectivity index (χ2n) is 6.38. The zero-order chi connectivity index (χ0) is 14.9. The molecule has 0 unspecified atom stereocenters. The van der Waals surface area contributed by atoms with Crippen molar-refractivity contribution in [2.24, 2.45) is 5.92 Å². The number of hydrogen-bond donors (Lipinski definition) is 1. The lowest BCUT2D eigenvalue weighted by Gasteiger charge is -2.31. The van der Waals surface area contributed by atoms with Crippen LogP contribution in [0.1, 0.15) is 34.1 Å². The number of nitrogens with one attached hydrogen (secondary N) is 1. The molecule has 0 spiro atoms. The summed E-state index contributed by atoms with van der Waals surface area (Å²) in [5, 5.41) is 3.26. The van der Waals surface area contributed by atoms with E-state index in [4.69, 9.17) is 9.47 Å². The smallest absolute Gasteiger partial charge is 0.411 e. The Bertz CT molecular complexity index is 391. The van der Waals surface area contributed by atoms with Crippen molar-refractivity contribution < 1.29 is 19.1 Å². The van der Waals surface area contributed by atoms with Crippen LogP contribution in [0.4, 0.5) is 4.79 Å². The van der Waals surface area contributed by atoms with Gasteiger partial charge in [-0.05, 0) is 40.0 Å². The quantitative estimate of drug-likeness (QED) is 0.770. The average Bonchev–Trinajstić information content (AvgIpc) is 2.84. The Hall–Kier alpha value is -1.30. The molecule has 6 nitrogen and oxygen atoms in total. The maximum Gasteiger partial charge on any atom is 0.411 e. The van der Waals surface area contributed by atoms with Crippen LogP contribution in [0, 0.1) is 5.92 Å². The minimum Gasteiger partial charge on any atom is -0.464 e. The van der Waals surface area contributed by atoms with E-state index >= 15 is 0 Å². The summed E-state index contributed by atoms with van der Waals surface area (Å²) in [4.78, 5) is 26.0. The summed E-state index contributed by atoms with van der Waals surface area (Å²) >= 11 is 0. The van der Waals surface area contributed by atoms with Gasteiger partial charge >= 0.3 is 12.1 Å². The highest BCUT2D eigenvalue weighted by Gasteiger charge is 2.50. The summed E-state index contributed by atoms with van der Waals surface area (Å²) in [5.74, 6) is -0.0234. The second-order valence-corrected chi connectivity index (χ2v) is 6.38. The minimum atomic E-state index is -0.569. The number of carbonyl (C=O) groups excluding carboxylic acids is 2. The third kappa shape index (κ3) is 3.06. The van der Waals surface area contributed by atoms with Crippen LogP contribution in [0.2, 0.25) is 0 Å². The monoisotopic (exact) mass is 284 g/mol. The van der Waals surface area contributed by atoms with E-state index < -0.39 is 17.7 Å². The number of fused-ring (bicyclic) bond motifs is 1. The van der Waals surface area contributed by atoms with Crippen LogP contribution >= 0.6 is 0 Å². The first-order chi connectivity index (χ1) is 9.33. The SMILES string of the molecule is CCOC(=O)[C@H]1C[C@H]2CNC[C@H]2N1C(=O)OC(C)(C)C. The van der Waals surface area contributed by atoms with Gasteiger partial charge < -0.3 is 14.8 Å². The van der Waals surface area contributed by atoms with Crippen LogP contribution in [0.5, 0.6) is 0 Å². The third-order valence-electron chi connectivity index (χ3n) is 3.69.